The van der Waals surface area contributed by atoms with E-state index in [9.17, 15) is 9.59 Å². The Labute approximate surface area is 153 Å². The summed E-state index contributed by atoms with van der Waals surface area (Å²) in [5.74, 6) is 2.34. The zero-order valence-electron chi connectivity index (χ0n) is 14.4. The first-order chi connectivity index (χ1) is 12.2. The quantitative estimate of drug-likeness (QED) is 0.839. The number of urea groups is 1. The highest BCUT2D eigenvalue weighted by atomic mass is 32.2. The van der Waals surface area contributed by atoms with E-state index in [-0.39, 0.29) is 11.9 Å². The summed E-state index contributed by atoms with van der Waals surface area (Å²) in [5.41, 5.74) is 0.781. The molecule has 4 rings (SSSR count). The summed E-state index contributed by atoms with van der Waals surface area (Å²) in [7, 11) is 0. The van der Waals surface area contributed by atoms with Crippen LogP contribution in [0.3, 0.4) is 0 Å². The van der Waals surface area contributed by atoms with Crippen LogP contribution in [0.25, 0.3) is 0 Å². The number of hydrogen-bond donors (Lipinski definition) is 1. The minimum absolute atomic E-state index is 0.0195. The molecular weight excluding hydrogens is 334 g/mol. The second-order valence-corrected chi connectivity index (χ2v) is 8.55. The fraction of sp³-hybridized carbons (Fsp3) is 0.579. The Morgan fingerprint density at radius 3 is 2.60 bits per heavy atom. The third-order valence-electron chi connectivity index (χ3n) is 5.68. The molecule has 0 aliphatic carbocycles. The highest BCUT2D eigenvalue weighted by Crippen LogP contribution is 2.33. The summed E-state index contributed by atoms with van der Waals surface area (Å²) in [4.78, 5) is 28.7. The van der Waals surface area contributed by atoms with Crippen LogP contribution in [0.15, 0.2) is 30.3 Å². The van der Waals surface area contributed by atoms with Gasteiger partial charge in [0, 0.05) is 18.8 Å². The molecular formula is C19H25N3O2S. The Bertz CT molecular complexity index is 637. The van der Waals surface area contributed by atoms with Gasteiger partial charge in [0.2, 0.25) is 0 Å². The van der Waals surface area contributed by atoms with Crippen molar-refractivity contribution < 1.29 is 9.59 Å². The predicted octanol–water partition coefficient (Wildman–Crippen LogP) is 2.33. The number of amides is 3. The summed E-state index contributed by atoms with van der Waals surface area (Å²) in [5, 5.41) is 2.95. The van der Waals surface area contributed by atoms with E-state index in [2.05, 4.69) is 40.5 Å². The predicted molar refractivity (Wildman–Crippen MR) is 99.4 cm³/mol. The van der Waals surface area contributed by atoms with Crippen LogP contribution < -0.4 is 5.32 Å². The van der Waals surface area contributed by atoms with E-state index in [1.807, 2.05) is 0 Å². The van der Waals surface area contributed by atoms with Crippen molar-refractivity contribution in [3.05, 3.63) is 35.9 Å². The van der Waals surface area contributed by atoms with Crippen LogP contribution in [0.4, 0.5) is 4.79 Å². The van der Waals surface area contributed by atoms with E-state index < -0.39 is 5.54 Å². The monoisotopic (exact) mass is 359 g/mol. The Morgan fingerprint density at radius 1 is 1.16 bits per heavy atom. The van der Waals surface area contributed by atoms with E-state index in [0.717, 1.165) is 44.5 Å². The van der Waals surface area contributed by atoms with E-state index in [1.54, 1.807) is 11.8 Å². The second kappa shape index (κ2) is 7.00. The molecule has 5 nitrogen and oxygen atoms in total. The highest BCUT2D eigenvalue weighted by Gasteiger charge is 2.53. The minimum Gasteiger partial charge on any atom is -0.322 e. The van der Waals surface area contributed by atoms with Crippen molar-refractivity contribution in [2.24, 2.45) is 5.92 Å². The average Bonchev–Trinajstić information content (AvgIpc) is 3.18. The number of carbonyl (C=O) groups excluding carboxylic acids is 2. The van der Waals surface area contributed by atoms with E-state index in [1.165, 1.54) is 10.5 Å². The minimum atomic E-state index is -0.618. The number of benzene rings is 1. The fourth-order valence-corrected chi connectivity index (χ4v) is 5.44. The number of rotatable bonds is 4. The van der Waals surface area contributed by atoms with Crippen LogP contribution in [0.2, 0.25) is 0 Å². The molecule has 3 amide bonds. The number of carbonyl (C=O) groups is 2. The second-order valence-electron chi connectivity index (χ2n) is 7.44. The van der Waals surface area contributed by atoms with Crippen LogP contribution in [-0.2, 0) is 11.2 Å². The van der Waals surface area contributed by atoms with Gasteiger partial charge in [0.05, 0.1) is 6.67 Å². The van der Waals surface area contributed by atoms with E-state index >= 15 is 0 Å². The van der Waals surface area contributed by atoms with Crippen molar-refractivity contribution in [2.45, 2.75) is 31.2 Å². The number of piperidine rings is 1. The van der Waals surface area contributed by atoms with Crippen molar-refractivity contribution in [1.29, 1.82) is 0 Å². The maximum absolute atomic E-state index is 12.7. The maximum atomic E-state index is 12.7. The molecule has 25 heavy (non-hydrogen) atoms. The Kier molecular flexibility index (Phi) is 4.73. The van der Waals surface area contributed by atoms with Crippen LogP contribution in [0, 0.1) is 5.92 Å². The van der Waals surface area contributed by atoms with E-state index in [0.29, 0.717) is 18.3 Å². The molecule has 3 heterocycles. The molecule has 1 spiro atoms. The largest absolute Gasteiger partial charge is 0.326 e. The normalized spacial score (nSPS) is 28.1. The van der Waals surface area contributed by atoms with Crippen molar-refractivity contribution >= 4 is 23.7 Å². The lowest BCUT2D eigenvalue weighted by Crippen LogP contribution is -2.48. The lowest BCUT2D eigenvalue weighted by Gasteiger charge is -2.33. The molecule has 0 aromatic heterocycles. The van der Waals surface area contributed by atoms with Gasteiger partial charge >= 0.3 is 6.03 Å². The molecule has 1 aromatic carbocycles. The van der Waals surface area contributed by atoms with Gasteiger partial charge in [-0.2, -0.15) is 11.8 Å². The van der Waals surface area contributed by atoms with Crippen molar-refractivity contribution in [3.8, 4) is 0 Å². The molecule has 1 N–H and O–H groups in total. The fourth-order valence-electron chi connectivity index (χ4n) is 4.12. The molecule has 1 atom stereocenters. The lowest BCUT2D eigenvalue weighted by atomic mass is 9.90. The van der Waals surface area contributed by atoms with Gasteiger partial charge in [-0.15, -0.1) is 0 Å². The third-order valence-corrected chi connectivity index (χ3v) is 6.87. The molecule has 1 aromatic rings. The number of nitrogens with one attached hydrogen (secondary N) is 1. The van der Waals surface area contributed by atoms with Gasteiger partial charge in [0.15, 0.2) is 0 Å². The van der Waals surface area contributed by atoms with Gasteiger partial charge in [-0.3, -0.25) is 9.69 Å². The number of likely N-dealkylation sites (tertiary alicyclic amines) is 1. The van der Waals surface area contributed by atoms with Crippen LogP contribution in [0.1, 0.15) is 24.8 Å². The van der Waals surface area contributed by atoms with Gasteiger partial charge in [-0.25, -0.2) is 9.69 Å². The SMILES string of the molecule is O=C1NC2(CCSC2)C(=O)N1CN1CCC(Cc2ccccc2)CC1. The first kappa shape index (κ1) is 16.9. The number of hydrogen-bond acceptors (Lipinski definition) is 4. The zero-order valence-corrected chi connectivity index (χ0v) is 15.3. The molecule has 3 aliphatic rings. The molecule has 0 bridgehead atoms. The highest BCUT2D eigenvalue weighted by molar-refractivity contribution is 7.99. The molecule has 3 fully saturated rings. The zero-order chi connectivity index (χ0) is 17.3. The molecule has 1 unspecified atom stereocenters. The molecule has 6 heteroatoms. The Hall–Kier alpha value is -1.53. The summed E-state index contributed by atoms with van der Waals surface area (Å²) in [6.07, 6.45) is 4.13. The van der Waals surface area contributed by atoms with Crippen molar-refractivity contribution in [1.82, 2.24) is 15.1 Å². The number of thioether (sulfide) groups is 1. The van der Waals surface area contributed by atoms with Gasteiger partial charge in [0.25, 0.3) is 5.91 Å². The topological polar surface area (TPSA) is 52.7 Å². The van der Waals surface area contributed by atoms with Crippen molar-refractivity contribution in [2.75, 3.05) is 31.3 Å². The van der Waals surface area contributed by atoms with Crippen molar-refractivity contribution in [3.63, 3.8) is 0 Å². The summed E-state index contributed by atoms with van der Waals surface area (Å²) in [6.45, 7) is 2.35. The third kappa shape index (κ3) is 3.42. The van der Waals surface area contributed by atoms with Crippen LogP contribution >= 0.6 is 11.8 Å². The molecule has 134 valence electrons. The van der Waals surface area contributed by atoms with Crippen LogP contribution in [0.5, 0.6) is 0 Å². The van der Waals surface area contributed by atoms with Crippen LogP contribution in [-0.4, -0.2) is 58.5 Å². The first-order valence-electron chi connectivity index (χ1n) is 9.14. The Morgan fingerprint density at radius 2 is 1.92 bits per heavy atom. The van der Waals surface area contributed by atoms with E-state index in [4.69, 9.17) is 0 Å². The summed E-state index contributed by atoms with van der Waals surface area (Å²) < 4.78 is 0. The number of nitrogens with zero attached hydrogens (tertiary/aromatic N) is 2. The average molecular weight is 359 g/mol. The standard InChI is InChI=1S/C19H25N3O2S/c23-17-19(8-11-25-13-19)20-18(24)22(17)14-21-9-6-16(7-10-21)12-15-4-2-1-3-5-15/h1-5,16H,6-14H2,(H,20,24). The first-order valence-corrected chi connectivity index (χ1v) is 10.3. The molecule has 3 saturated heterocycles. The lowest BCUT2D eigenvalue weighted by molar-refractivity contribution is -0.132. The maximum Gasteiger partial charge on any atom is 0.326 e. The van der Waals surface area contributed by atoms with Gasteiger partial charge in [-0.05, 0) is 42.9 Å². The van der Waals surface area contributed by atoms with Gasteiger partial charge in [0.1, 0.15) is 5.54 Å². The Balaban J connectivity index is 1.30. The van der Waals surface area contributed by atoms with Gasteiger partial charge in [-0.1, -0.05) is 30.3 Å². The smallest absolute Gasteiger partial charge is 0.322 e. The molecule has 3 aliphatic heterocycles. The molecule has 0 saturated carbocycles. The molecule has 0 radical (unpaired) electrons. The van der Waals surface area contributed by atoms with Gasteiger partial charge < -0.3 is 5.32 Å². The number of imide groups is 1. The summed E-state index contributed by atoms with van der Waals surface area (Å²) in [6, 6.07) is 10.4. The summed E-state index contributed by atoms with van der Waals surface area (Å²) >= 11 is 1.75.